The Kier molecular flexibility index (Phi) is 4.15. The van der Waals surface area contributed by atoms with Gasteiger partial charge in [-0.1, -0.05) is 0 Å². The summed E-state index contributed by atoms with van der Waals surface area (Å²) in [7, 11) is 0. The van der Waals surface area contributed by atoms with Gasteiger partial charge in [-0.3, -0.25) is 14.6 Å². The van der Waals surface area contributed by atoms with E-state index in [-0.39, 0.29) is 11.6 Å². The van der Waals surface area contributed by atoms with Crippen LogP contribution in [0, 0.1) is 5.92 Å². The minimum atomic E-state index is -4.55. The van der Waals surface area contributed by atoms with Crippen molar-refractivity contribution in [3.8, 4) is 0 Å². The van der Waals surface area contributed by atoms with E-state index in [1.54, 1.807) is 0 Å². The Hall–Kier alpha value is -2.12. The molecule has 0 bridgehead atoms. The van der Waals surface area contributed by atoms with E-state index in [2.05, 4.69) is 10.3 Å². The van der Waals surface area contributed by atoms with Gasteiger partial charge >= 0.3 is 12.1 Å². The van der Waals surface area contributed by atoms with Crippen LogP contribution in [0.4, 0.5) is 13.2 Å². The maximum absolute atomic E-state index is 12.3. The molecule has 114 valence electrons. The fourth-order valence-electron chi connectivity index (χ4n) is 2.30. The van der Waals surface area contributed by atoms with E-state index in [1.807, 2.05) is 0 Å². The molecule has 1 fully saturated rings. The Balaban J connectivity index is 1.97. The van der Waals surface area contributed by atoms with Gasteiger partial charge in [0.05, 0.1) is 11.5 Å². The van der Waals surface area contributed by atoms with Gasteiger partial charge in [0.2, 0.25) is 0 Å². The van der Waals surface area contributed by atoms with Crippen molar-refractivity contribution >= 4 is 11.9 Å². The lowest BCUT2D eigenvalue weighted by molar-refractivity contribution is -0.142. The van der Waals surface area contributed by atoms with Gasteiger partial charge in [0, 0.05) is 12.2 Å². The second-order valence-corrected chi connectivity index (χ2v) is 4.95. The molecule has 1 saturated carbocycles. The Bertz CT molecular complexity index is 543. The van der Waals surface area contributed by atoms with Crippen molar-refractivity contribution < 1.29 is 27.9 Å². The maximum Gasteiger partial charge on any atom is 0.433 e. The summed E-state index contributed by atoms with van der Waals surface area (Å²) >= 11 is 0. The Morgan fingerprint density at radius 3 is 2.48 bits per heavy atom. The Labute approximate surface area is 118 Å². The average molecular weight is 302 g/mol. The summed E-state index contributed by atoms with van der Waals surface area (Å²) < 4.78 is 37.0. The number of hydrogen-bond acceptors (Lipinski definition) is 3. The van der Waals surface area contributed by atoms with Crippen LogP contribution in [0.5, 0.6) is 0 Å². The van der Waals surface area contributed by atoms with Gasteiger partial charge in [0.15, 0.2) is 0 Å². The summed E-state index contributed by atoms with van der Waals surface area (Å²) in [5.41, 5.74) is -1.05. The number of hydrogen-bond donors (Lipinski definition) is 2. The van der Waals surface area contributed by atoms with E-state index in [1.165, 1.54) is 0 Å². The normalized spacial score (nSPS) is 22.0. The molecule has 2 N–H and O–H groups in total. The van der Waals surface area contributed by atoms with Crippen LogP contribution in [-0.4, -0.2) is 28.0 Å². The van der Waals surface area contributed by atoms with Crippen LogP contribution in [0.2, 0.25) is 0 Å². The SMILES string of the molecule is O=C(NC1CCC(C(=O)O)C1)c1ccc(C(F)(F)F)nc1. The number of nitrogens with zero attached hydrogens (tertiary/aromatic N) is 1. The molecule has 2 atom stereocenters. The van der Waals surface area contributed by atoms with Crippen molar-refractivity contribution in [1.82, 2.24) is 10.3 Å². The minimum Gasteiger partial charge on any atom is -0.481 e. The van der Waals surface area contributed by atoms with E-state index in [9.17, 15) is 22.8 Å². The zero-order valence-electron chi connectivity index (χ0n) is 10.9. The summed E-state index contributed by atoms with van der Waals surface area (Å²) in [6.07, 6.45) is -2.34. The van der Waals surface area contributed by atoms with Crippen LogP contribution >= 0.6 is 0 Å². The number of carbonyl (C=O) groups is 2. The number of amides is 1. The zero-order chi connectivity index (χ0) is 15.6. The molecule has 2 rings (SSSR count). The summed E-state index contributed by atoms with van der Waals surface area (Å²) in [5.74, 6) is -1.93. The molecule has 0 spiro atoms. The first-order valence-electron chi connectivity index (χ1n) is 6.34. The van der Waals surface area contributed by atoms with Crippen LogP contribution in [-0.2, 0) is 11.0 Å². The fourth-order valence-corrected chi connectivity index (χ4v) is 2.30. The van der Waals surface area contributed by atoms with Crippen molar-refractivity contribution in [2.24, 2.45) is 5.92 Å². The van der Waals surface area contributed by atoms with Crippen LogP contribution in [0.3, 0.4) is 0 Å². The highest BCUT2D eigenvalue weighted by atomic mass is 19.4. The molecular weight excluding hydrogens is 289 g/mol. The predicted molar refractivity (Wildman–Crippen MR) is 65.5 cm³/mol. The summed E-state index contributed by atoms with van der Waals surface area (Å²) in [5, 5.41) is 11.5. The van der Waals surface area contributed by atoms with Gasteiger partial charge < -0.3 is 10.4 Å². The molecule has 1 aromatic heterocycles. The van der Waals surface area contributed by atoms with Gasteiger partial charge in [0.1, 0.15) is 5.69 Å². The van der Waals surface area contributed by atoms with E-state index in [4.69, 9.17) is 5.11 Å². The van der Waals surface area contributed by atoms with Gasteiger partial charge in [-0.05, 0) is 31.4 Å². The van der Waals surface area contributed by atoms with Crippen LogP contribution in [0.25, 0.3) is 0 Å². The molecular formula is C13H13F3N2O3. The number of carbonyl (C=O) groups excluding carboxylic acids is 1. The number of pyridine rings is 1. The highest BCUT2D eigenvalue weighted by Crippen LogP contribution is 2.28. The van der Waals surface area contributed by atoms with E-state index in [0.29, 0.717) is 19.3 Å². The van der Waals surface area contributed by atoms with Crippen LogP contribution < -0.4 is 5.32 Å². The third-order valence-electron chi connectivity index (χ3n) is 3.43. The predicted octanol–water partition coefficient (Wildman–Crippen LogP) is 2.08. The second kappa shape index (κ2) is 5.71. The van der Waals surface area contributed by atoms with Crippen molar-refractivity contribution in [3.05, 3.63) is 29.6 Å². The molecule has 2 unspecified atom stereocenters. The molecule has 8 heteroatoms. The lowest BCUT2D eigenvalue weighted by atomic mass is 10.1. The van der Waals surface area contributed by atoms with E-state index >= 15 is 0 Å². The molecule has 5 nitrogen and oxygen atoms in total. The topological polar surface area (TPSA) is 79.3 Å². The minimum absolute atomic E-state index is 0.0155. The highest BCUT2D eigenvalue weighted by molar-refractivity contribution is 5.94. The lowest BCUT2D eigenvalue weighted by Crippen LogP contribution is -2.33. The van der Waals surface area contributed by atoms with Gasteiger partial charge in [0.25, 0.3) is 5.91 Å². The number of nitrogens with one attached hydrogen (secondary N) is 1. The molecule has 0 radical (unpaired) electrons. The lowest BCUT2D eigenvalue weighted by Gasteiger charge is -2.12. The highest BCUT2D eigenvalue weighted by Gasteiger charge is 2.33. The monoisotopic (exact) mass is 302 g/mol. The number of carboxylic acids is 1. The third-order valence-corrected chi connectivity index (χ3v) is 3.43. The number of aliphatic carboxylic acids is 1. The molecule has 1 aliphatic carbocycles. The van der Waals surface area contributed by atoms with Gasteiger partial charge in [-0.25, -0.2) is 0 Å². The smallest absolute Gasteiger partial charge is 0.433 e. The van der Waals surface area contributed by atoms with Gasteiger partial charge in [-0.2, -0.15) is 13.2 Å². The molecule has 1 heterocycles. The molecule has 0 saturated heterocycles. The average Bonchev–Trinajstić information content (AvgIpc) is 2.86. The Morgan fingerprint density at radius 1 is 1.29 bits per heavy atom. The fraction of sp³-hybridized carbons (Fsp3) is 0.462. The van der Waals surface area contributed by atoms with Crippen molar-refractivity contribution in [2.45, 2.75) is 31.5 Å². The van der Waals surface area contributed by atoms with Crippen LogP contribution in [0.15, 0.2) is 18.3 Å². The summed E-state index contributed by atoms with van der Waals surface area (Å²) in [6, 6.07) is 1.51. The second-order valence-electron chi connectivity index (χ2n) is 4.95. The number of halogens is 3. The quantitative estimate of drug-likeness (QED) is 0.896. The third kappa shape index (κ3) is 3.71. The molecule has 21 heavy (non-hydrogen) atoms. The van der Waals surface area contributed by atoms with Crippen molar-refractivity contribution in [2.75, 3.05) is 0 Å². The molecule has 1 aliphatic rings. The first-order chi connectivity index (χ1) is 9.77. The summed E-state index contributed by atoms with van der Waals surface area (Å²) in [6.45, 7) is 0. The number of aromatic nitrogens is 1. The first-order valence-corrected chi connectivity index (χ1v) is 6.34. The van der Waals surface area contributed by atoms with E-state index in [0.717, 1.165) is 18.3 Å². The largest absolute Gasteiger partial charge is 0.481 e. The molecule has 0 aliphatic heterocycles. The van der Waals surface area contributed by atoms with E-state index < -0.39 is 29.7 Å². The molecule has 1 amide bonds. The summed E-state index contributed by atoms with van der Waals surface area (Å²) in [4.78, 5) is 25.9. The number of alkyl halides is 3. The first kappa shape index (κ1) is 15.3. The van der Waals surface area contributed by atoms with Crippen molar-refractivity contribution in [1.29, 1.82) is 0 Å². The maximum atomic E-state index is 12.3. The Morgan fingerprint density at radius 2 is 2.00 bits per heavy atom. The van der Waals surface area contributed by atoms with Crippen molar-refractivity contribution in [3.63, 3.8) is 0 Å². The van der Waals surface area contributed by atoms with Gasteiger partial charge in [-0.15, -0.1) is 0 Å². The zero-order valence-corrected chi connectivity index (χ0v) is 10.9. The molecule has 1 aromatic rings. The standard InChI is InChI=1S/C13H13F3N2O3/c14-13(15,16)10-4-2-8(6-17-10)11(19)18-9-3-1-7(5-9)12(20)21/h2,4,6-7,9H,1,3,5H2,(H,18,19)(H,20,21). The van der Waals surface area contributed by atoms with Crippen LogP contribution in [0.1, 0.15) is 35.3 Å². The molecule has 0 aromatic carbocycles. The number of carboxylic acid groups (broad SMARTS) is 1. The number of rotatable bonds is 3.